The topological polar surface area (TPSA) is 41.5 Å². The van der Waals surface area contributed by atoms with Gasteiger partial charge >= 0.3 is 0 Å². The molecule has 18 heavy (non-hydrogen) atoms. The Labute approximate surface area is 114 Å². The maximum Gasteiger partial charge on any atom is 0.119 e. The molecule has 0 aliphatic heterocycles. The molecule has 0 saturated carbocycles. The quantitative estimate of drug-likeness (QED) is 0.759. The number of para-hydroxylation sites is 1. The second-order valence-corrected chi connectivity index (χ2v) is 6.39. The van der Waals surface area contributed by atoms with E-state index in [9.17, 15) is 5.11 Å². The molecule has 0 saturated heterocycles. The van der Waals surface area contributed by atoms with Crippen LogP contribution < -0.4 is 10.1 Å². The molecular formula is C14H23NO2S. The monoisotopic (exact) mass is 269 g/mol. The minimum absolute atomic E-state index is 0.194. The van der Waals surface area contributed by atoms with Crippen molar-refractivity contribution in [3.63, 3.8) is 0 Å². The molecule has 1 rings (SSSR count). The molecule has 0 spiro atoms. The molecular weight excluding hydrogens is 246 g/mol. The third-order valence-corrected chi connectivity index (χ3v) is 3.92. The van der Waals surface area contributed by atoms with E-state index in [0.29, 0.717) is 13.2 Å². The third kappa shape index (κ3) is 6.28. The molecule has 0 aliphatic carbocycles. The molecule has 1 aromatic rings. The Bertz CT molecular complexity index is 330. The van der Waals surface area contributed by atoms with Crippen molar-refractivity contribution in [1.29, 1.82) is 0 Å². The molecule has 1 atom stereocenters. The Balaban J connectivity index is 2.16. The Morgan fingerprint density at radius 2 is 2.00 bits per heavy atom. The van der Waals surface area contributed by atoms with Crippen LogP contribution in [0.2, 0.25) is 0 Å². The molecule has 0 aromatic heterocycles. The number of hydrogen-bond acceptors (Lipinski definition) is 4. The number of rotatable bonds is 8. The van der Waals surface area contributed by atoms with Crippen molar-refractivity contribution < 1.29 is 9.84 Å². The highest BCUT2D eigenvalue weighted by Gasteiger charge is 2.15. The smallest absolute Gasteiger partial charge is 0.119 e. The van der Waals surface area contributed by atoms with E-state index in [0.717, 1.165) is 12.3 Å². The second-order valence-electron chi connectivity index (χ2n) is 4.87. The van der Waals surface area contributed by atoms with Gasteiger partial charge in [0, 0.05) is 17.8 Å². The summed E-state index contributed by atoms with van der Waals surface area (Å²) in [5.41, 5.74) is 0. The standard InChI is InChI=1S/C14H23NO2S/c1-14(2,18-3)11-15-9-12(16)10-17-13-7-5-4-6-8-13/h4-8,12,15-16H,9-11H2,1-3H3. The van der Waals surface area contributed by atoms with E-state index >= 15 is 0 Å². The lowest BCUT2D eigenvalue weighted by atomic mass is 10.2. The van der Waals surface area contributed by atoms with Gasteiger partial charge in [-0.2, -0.15) is 11.8 Å². The second kappa shape index (κ2) is 7.67. The largest absolute Gasteiger partial charge is 0.491 e. The molecule has 1 unspecified atom stereocenters. The Hall–Kier alpha value is -0.710. The van der Waals surface area contributed by atoms with Gasteiger partial charge in [-0.05, 0) is 32.2 Å². The lowest BCUT2D eigenvalue weighted by Crippen LogP contribution is -2.38. The van der Waals surface area contributed by atoms with Crippen LogP contribution in [0.4, 0.5) is 0 Å². The van der Waals surface area contributed by atoms with Crippen LogP contribution in [0.1, 0.15) is 13.8 Å². The molecule has 0 heterocycles. The van der Waals surface area contributed by atoms with Gasteiger partial charge in [0.15, 0.2) is 0 Å². The van der Waals surface area contributed by atoms with Crippen molar-refractivity contribution in [2.24, 2.45) is 0 Å². The molecule has 0 aliphatic rings. The average Bonchev–Trinajstić information content (AvgIpc) is 2.37. The fourth-order valence-electron chi connectivity index (χ4n) is 1.38. The zero-order valence-electron chi connectivity index (χ0n) is 11.3. The van der Waals surface area contributed by atoms with Crippen molar-refractivity contribution in [1.82, 2.24) is 5.32 Å². The normalized spacial score (nSPS) is 13.3. The van der Waals surface area contributed by atoms with Crippen molar-refractivity contribution >= 4 is 11.8 Å². The number of nitrogens with one attached hydrogen (secondary N) is 1. The van der Waals surface area contributed by atoms with Crippen LogP contribution >= 0.6 is 11.8 Å². The summed E-state index contributed by atoms with van der Waals surface area (Å²) in [6.07, 6.45) is 1.61. The SMILES string of the molecule is CSC(C)(C)CNCC(O)COc1ccccc1. The van der Waals surface area contributed by atoms with E-state index in [1.54, 1.807) is 0 Å². The number of aliphatic hydroxyl groups excluding tert-OH is 1. The first kappa shape index (κ1) is 15.3. The van der Waals surface area contributed by atoms with Crippen LogP contribution in [0.3, 0.4) is 0 Å². The van der Waals surface area contributed by atoms with Crippen LogP contribution in [-0.2, 0) is 0 Å². The molecule has 102 valence electrons. The van der Waals surface area contributed by atoms with Gasteiger partial charge in [0.05, 0.1) is 0 Å². The maximum absolute atomic E-state index is 9.79. The summed E-state index contributed by atoms with van der Waals surface area (Å²) in [6.45, 7) is 6.10. The van der Waals surface area contributed by atoms with Crippen molar-refractivity contribution in [2.45, 2.75) is 24.7 Å². The van der Waals surface area contributed by atoms with E-state index in [1.165, 1.54) is 0 Å². The molecule has 1 aromatic carbocycles. The predicted octanol–water partition coefficient (Wildman–Crippen LogP) is 2.16. The van der Waals surface area contributed by atoms with Crippen LogP contribution in [0.15, 0.2) is 30.3 Å². The van der Waals surface area contributed by atoms with Crippen LogP contribution in [0, 0.1) is 0 Å². The summed E-state index contributed by atoms with van der Waals surface area (Å²) < 4.78 is 5.68. The summed E-state index contributed by atoms with van der Waals surface area (Å²) in [5.74, 6) is 0.793. The lowest BCUT2D eigenvalue weighted by Gasteiger charge is -2.23. The zero-order valence-corrected chi connectivity index (χ0v) is 12.2. The highest BCUT2D eigenvalue weighted by molar-refractivity contribution is 7.99. The fourth-order valence-corrected chi connectivity index (χ4v) is 1.63. The molecule has 2 N–H and O–H groups in total. The maximum atomic E-state index is 9.79. The molecule has 0 bridgehead atoms. The molecule has 0 amide bonds. The van der Waals surface area contributed by atoms with E-state index in [2.05, 4.69) is 25.4 Å². The van der Waals surface area contributed by atoms with Crippen LogP contribution in [0.5, 0.6) is 5.75 Å². The van der Waals surface area contributed by atoms with Crippen LogP contribution in [0.25, 0.3) is 0 Å². The summed E-state index contributed by atoms with van der Waals surface area (Å²) in [7, 11) is 0. The minimum Gasteiger partial charge on any atom is -0.491 e. The van der Waals surface area contributed by atoms with E-state index in [1.807, 2.05) is 42.1 Å². The Kier molecular flexibility index (Phi) is 6.54. The van der Waals surface area contributed by atoms with Gasteiger partial charge < -0.3 is 15.2 Å². The summed E-state index contributed by atoms with van der Waals surface area (Å²) in [6, 6.07) is 9.55. The van der Waals surface area contributed by atoms with E-state index < -0.39 is 6.10 Å². The minimum atomic E-state index is -0.483. The lowest BCUT2D eigenvalue weighted by molar-refractivity contribution is 0.106. The fraction of sp³-hybridized carbons (Fsp3) is 0.571. The van der Waals surface area contributed by atoms with E-state index in [4.69, 9.17) is 4.74 Å². The molecule has 0 radical (unpaired) electrons. The Morgan fingerprint density at radius 1 is 1.33 bits per heavy atom. The highest BCUT2D eigenvalue weighted by Crippen LogP contribution is 2.19. The first-order valence-corrected chi connectivity index (χ1v) is 7.38. The van der Waals surface area contributed by atoms with E-state index in [-0.39, 0.29) is 4.75 Å². The van der Waals surface area contributed by atoms with Gasteiger partial charge in [0.25, 0.3) is 0 Å². The molecule has 4 heteroatoms. The summed E-state index contributed by atoms with van der Waals surface area (Å²) >= 11 is 1.81. The number of hydrogen-bond donors (Lipinski definition) is 2. The highest BCUT2D eigenvalue weighted by atomic mass is 32.2. The number of benzene rings is 1. The zero-order chi connectivity index (χ0) is 13.4. The van der Waals surface area contributed by atoms with Gasteiger partial charge in [-0.15, -0.1) is 0 Å². The van der Waals surface area contributed by atoms with Crippen LogP contribution in [-0.4, -0.2) is 41.9 Å². The number of ether oxygens (including phenoxy) is 1. The first-order valence-electron chi connectivity index (χ1n) is 6.15. The number of aliphatic hydroxyl groups is 1. The van der Waals surface area contributed by atoms with Gasteiger partial charge in [-0.1, -0.05) is 18.2 Å². The third-order valence-electron chi connectivity index (χ3n) is 2.67. The Morgan fingerprint density at radius 3 is 2.61 bits per heavy atom. The molecule has 3 nitrogen and oxygen atoms in total. The average molecular weight is 269 g/mol. The molecule has 0 fully saturated rings. The van der Waals surface area contributed by atoms with Crippen molar-refractivity contribution in [3.05, 3.63) is 30.3 Å². The predicted molar refractivity (Wildman–Crippen MR) is 78.4 cm³/mol. The summed E-state index contributed by atoms with van der Waals surface area (Å²) in [5, 5.41) is 13.0. The van der Waals surface area contributed by atoms with Crippen molar-refractivity contribution in [3.8, 4) is 5.75 Å². The van der Waals surface area contributed by atoms with Gasteiger partial charge in [-0.3, -0.25) is 0 Å². The first-order chi connectivity index (χ1) is 8.53. The van der Waals surface area contributed by atoms with Crippen molar-refractivity contribution in [2.75, 3.05) is 26.0 Å². The number of thioether (sulfide) groups is 1. The van der Waals surface area contributed by atoms with Gasteiger partial charge in [0.1, 0.15) is 18.5 Å². The van der Waals surface area contributed by atoms with Gasteiger partial charge in [0.2, 0.25) is 0 Å². The van der Waals surface area contributed by atoms with Gasteiger partial charge in [-0.25, -0.2) is 0 Å². The summed E-state index contributed by atoms with van der Waals surface area (Å²) in [4.78, 5) is 0.